The number of rotatable bonds is 4. The predicted octanol–water partition coefficient (Wildman–Crippen LogP) is 4.52. The lowest BCUT2D eigenvalue weighted by atomic mass is 10.3. The minimum Gasteiger partial charge on any atom is -0.301 e. The van der Waals surface area contributed by atoms with Gasteiger partial charge in [-0.15, -0.1) is 0 Å². The van der Waals surface area contributed by atoms with Crippen LogP contribution < -0.4 is 0 Å². The fourth-order valence-corrected chi connectivity index (χ4v) is 3.96. The van der Waals surface area contributed by atoms with E-state index in [-0.39, 0.29) is 9.80 Å². The van der Waals surface area contributed by atoms with Crippen molar-refractivity contribution < 1.29 is 8.42 Å². The summed E-state index contributed by atoms with van der Waals surface area (Å²) in [5.41, 5.74) is 0.442. The van der Waals surface area contributed by atoms with E-state index < -0.39 is 9.84 Å². The normalized spacial score (nSPS) is 12.0. The second kappa shape index (κ2) is 7.34. The van der Waals surface area contributed by atoms with E-state index in [0.717, 1.165) is 0 Å². The van der Waals surface area contributed by atoms with E-state index in [1.807, 2.05) is 0 Å². The average Bonchev–Trinajstić information content (AvgIpc) is 3.08. The van der Waals surface area contributed by atoms with Crippen LogP contribution >= 0.6 is 23.2 Å². The summed E-state index contributed by atoms with van der Waals surface area (Å²) in [7, 11) is -3.93. The molecule has 0 atom stereocenters. The van der Waals surface area contributed by atoms with Gasteiger partial charge in [-0.05, 0) is 36.4 Å². The van der Waals surface area contributed by atoms with E-state index in [1.165, 1.54) is 30.5 Å². The van der Waals surface area contributed by atoms with Crippen LogP contribution in [0.2, 0.25) is 10.0 Å². The van der Waals surface area contributed by atoms with Gasteiger partial charge in [-0.1, -0.05) is 41.4 Å². The van der Waals surface area contributed by atoms with Crippen molar-refractivity contribution in [2.24, 2.45) is 0 Å². The Balaban J connectivity index is 2.11. The summed E-state index contributed by atoms with van der Waals surface area (Å²) in [5.74, 6) is 0.377. The van der Waals surface area contributed by atoms with Crippen molar-refractivity contribution in [2.75, 3.05) is 0 Å². The smallest absolute Gasteiger partial charge is 0.216 e. The Morgan fingerprint density at radius 3 is 2.54 bits per heavy atom. The molecule has 0 N–H and O–H groups in total. The van der Waals surface area contributed by atoms with Crippen molar-refractivity contribution in [1.29, 1.82) is 5.26 Å². The number of allylic oxidation sites excluding steroid dienone is 1. The van der Waals surface area contributed by atoms with Gasteiger partial charge in [0.2, 0.25) is 9.84 Å². The fraction of sp³-hybridized carbons (Fsp3) is 0. The van der Waals surface area contributed by atoms with Crippen LogP contribution in [0.3, 0.4) is 0 Å². The first-order valence-electron chi connectivity index (χ1n) is 7.34. The standard InChI is InChI=1S/C18H11Cl2N3O2S/c19-13-9-17(20)18(22-12-13)23-8-4-5-14(23)10-16(11-21)26(24,25)15-6-2-1-3-7-15/h1-10,12H/b16-10+. The molecular weight excluding hydrogens is 393 g/mol. The summed E-state index contributed by atoms with van der Waals surface area (Å²) in [6.07, 6.45) is 4.38. The monoisotopic (exact) mass is 403 g/mol. The van der Waals surface area contributed by atoms with Gasteiger partial charge in [0.25, 0.3) is 0 Å². The molecule has 5 nitrogen and oxygen atoms in total. The molecule has 0 saturated heterocycles. The van der Waals surface area contributed by atoms with E-state index >= 15 is 0 Å². The molecule has 3 rings (SSSR count). The van der Waals surface area contributed by atoms with Crippen LogP contribution in [0.5, 0.6) is 0 Å². The van der Waals surface area contributed by atoms with Crippen LogP contribution in [-0.2, 0) is 9.84 Å². The summed E-state index contributed by atoms with van der Waals surface area (Å²) in [5, 5.41) is 10.1. The fourth-order valence-electron chi connectivity index (χ4n) is 2.32. The SMILES string of the molecule is N#C/C(=C\c1cccn1-c1ncc(Cl)cc1Cl)S(=O)(=O)c1ccccc1. The second-order valence-electron chi connectivity index (χ2n) is 5.20. The molecule has 130 valence electrons. The van der Waals surface area contributed by atoms with Gasteiger partial charge in [0, 0.05) is 18.1 Å². The van der Waals surface area contributed by atoms with Gasteiger partial charge in [-0.25, -0.2) is 13.4 Å². The molecule has 0 unspecified atom stereocenters. The molecule has 0 spiro atoms. The summed E-state index contributed by atoms with van der Waals surface area (Å²) in [6.45, 7) is 0. The van der Waals surface area contributed by atoms with Crippen LogP contribution in [0, 0.1) is 11.3 Å². The molecular formula is C18H11Cl2N3O2S. The number of nitriles is 1. The lowest BCUT2D eigenvalue weighted by Crippen LogP contribution is -2.05. The van der Waals surface area contributed by atoms with E-state index in [0.29, 0.717) is 21.6 Å². The number of pyridine rings is 1. The molecule has 0 radical (unpaired) electrons. The average molecular weight is 404 g/mol. The Bertz CT molecular complexity index is 1130. The molecule has 0 aliphatic heterocycles. The summed E-state index contributed by atoms with van der Waals surface area (Å²) < 4.78 is 27.0. The molecule has 2 aromatic heterocycles. The van der Waals surface area contributed by atoms with Crippen molar-refractivity contribution in [3.8, 4) is 11.9 Å². The van der Waals surface area contributed by atoms with E-state index in [2.05, 4.69) is 4.98 Å². The van der Waals surface area contributed by atoms with Crippen molar-refractivity contribution in [3.05, 3.63) is 81.6 Å². The van der Waals surface area contributed by atoms with Gasteiger partial charge in [-0.2, -0.15) is 5.26 Å². The number of nitrogens with zero attached hydrogens (tertiary/aromatic N) is 3. The topological polar surface area (TPSA) is 75.8 Å². The maximum Gasteiger partial charge on any atom is 0.216 e. The van der Waals surface area contributed by atoms with Crippen molar-refractivity contribution in [3.63, 3.8) is 0 Å². The largest absolute Gasteiger partial charge is 0.301 e. The van der Waals surface area contributed by atoms with Crippen LogP contribution in [0.1, 0.15) is 5.69 Å². The predicted molar refractivity (Wildman–Crippen MR) is 101 cm³/mol. The molecule has 0 bridgehead atoms. The number of halogens is 2. The van der Waals surface area contributed by atoms with Crippen molar-refractivity contribution in [1.82, 2.24) is 9.55 Å². The van der Waals surface area contributed by atoms with Crippen molar-refractivity contribution in [2.45, 2.75) is 4.90 Å². The molecule has 0 aliphatic carbocycles. The Morgan fingerprint density at radius 1 is 1.15 bits per heavy atom. The Labute approximate surface area is 160 Å². The third-order valence-electron chi connectivity index (χ3n) is 3.53. The number of hydrogen-bond acceptors (Lipinski definition) is 4. The van der Waals surface area contributed by atoms with Gasteiger partial charge < -0.3 is 4.57 Å². The number of sulfone groups is 1. The van der Waals surface area contributed by atoms with E-state index in [4.69, 9.17) is 23.2 Å². The third kappa shape index (κ3) is 3.51. The molecule has 2 heterocycles. The number of aromatic nitrogens is 2. The Morgan fingerprint density at radius 2 is 1.88 bits per heavy atom. The van der Waals surface area contributed by atoms with Crippen LogP contribution in [0.15, 0.2) is 70.7 Å². The number of benzene rings is 1. The minimum atomic E-state index is -3.93. The zero-order valence-corrected chi connectivity index (χ0v) is 15.5. The molecule has 26 heavy (non-hydrogen) atoms. The highest BCUT2D eigenvalue weighted by molar-refractivity contribution is 7.95. The first-order valence-corrected chi connectivity index (χ1v) is 9.58. The minimum absolute atomic E-state index is 0.0496. The molecule has 0 saturated carbocycles. The van der Waals surface area contributed by atoms with Gasteiger partial charge >= 0.3 is 0 Å². The Hall–Kier alpha value is -2.59. The maximum atomic E-state index is 12.7. The second-order valence-corrected chi connectivity index (χ2v) is 7.96. The third-order valence-corrected chi connectivity index (χ3v) is 5.69. The van der Waals surface area contributed by atoms with Crippen molar-refractivity contribution >= 4 is 39.1 Å². The first-order chi connectivity index (χ1) is 12.4. The lowest BCUT2D eigenvalue weighted by molar-refractivity contribution is 0.603. The molecule has 8 heteroatoms. The van der Waals surface area contributed by atoms with Gasteiger partial charge in [0.1, 0.15) is 6.07 Å². The number of hydrogen-bond donors (Lipinski definition) is 0. The quantitative estimate of drug-likeness (QED) is 0.600. The van der Waals surface area contributed by atoms with Crippen LogP contribution in [0.4, 0.5) is 0 Å². The molecule has 0 fully saturated rings. The lowest BCUT2D eigenvalue weighted by Gasteiger charge is -2.09. The summed E-state index contributed by atoms with van der Waals surface area (Å²) >= 11 is 12.0. The molecule has 1 aromatic carbocycles. The molecule has 0 aliphatic rings. The summed E-state index contributed by atoms with van der Waals surface area (Å²) in [6, 6.07) is 14.4. The van der Waals surface area contributed by atoms with E-state index in [1.54, 1.807) is 47.2 Å². The molecule has 0 amide bonds. The summed E-state index contributed by atoms with van der Waals surface area (Å²) in [4.78, 5) is 3.84. The van der Waals surface area contributed by atoms with Gasteiger partial charge in [0.15, 0.2) is 10.7 Å². The molecule has 3 aromatic rings. The highest BCUT2D eigenvalue weighted by Gasteiger charge is 2.21. The van der Waals surface area contributed by atoms with Crippen LogP contribution in [-0.4, -0.2) is 18.0 Å². The first kappa shape index (κ1) is 18.2. The zero-order valence-electron chi connectivity index (χ0n) is 13.2. The maximum absolute atomic E-state index is 12.7. The van der Waals surface area contributed by atoms with Gasteiger partial charge in [-0.3, -0.25) is 0 Å². The van der Waals surface area contributed by atoms with Gasteiger partial charge in [0.05, 0.1) is 14.9 Å². The Kier molecular flexibility index (Phi) is 5.14. The highest BCUT2D eigenvalue weighted by Crippen LogP contribution is 2.26. The zero-order chi connectivity index (χ0) is 18.7. The van der Waals surface area contributed by atoms with E-state index in [9.17, 15) is 13.7 Å². The highest BCUT2D eigenvalue weighted by atomic mass is 35.5. The van der Waals surface area contributed by atoms with Crippen LogP contribution in [0.25, 0.3) is 11.9 Å².